The Balaban J connectivity index is 1.69. The number of nitrogens with one attached hydrogen (secondary N) is 2. The van der Waals surface area contributed by atoms with Gasteiger partial charge in [-0.1, -0.05) is 44.2 Å². The average molecular weight is 451 g/mol. The van der Waals surface area contributed by atoms with Gasteiger partial charge in [0.1, 0.15) is 18.5 Å². The molecule has 9 heteroatoms. The first-order chi connectivity index (χ1) is 15.8. The van der Waals surface area contributed by atoms with Crippen molar-refractivity contribution in [2.45, 2.75) is 32.9 Å². The number of benzene rings is 2. The molecule has 0 radical (unpaired) electrons. The highest BCUT2D eigenvalue weighted by Gasteiger charge is 2.26. The third kappa shape index (κ3) is 6.03. The normalized spacial score (nSPS) is 11.8. The summed E-state index contributed by atoms with van der Waals surface area (Å²) in [6.07, 6.45) is 0.138. The Morgan fingerprint density at radius 3 is 2.48 bits per heavy atom. The number of hydrogen-bond donors (Lipinski definition) is 2. The summed E-state index contributed by atoms with van der Waals surface area (Å²) < 4.78 is 10.0. The number of fused-ring (bicyclic) bond motifs is 1. The lowest BCUT2D eigenvalue weighted by Crippen LogP contribution is -2.45. The molecule has 2 N–H and O–H groups in total. The van der Waals surface area contributed by atoms with E-state index in [1.54, 1.807) is 13.8 Å². The molecule has 0 spiro atoms. The SMILES string of the molecule is COC(=O)c1ccc2c(=O)[nH]c(COC(=O)[C@H](NC(=O)Cc3ccccc3)C(C)C)nc2c1. The van der Waals surface area contributed by atoms with Crippen molar-refractivity contribution in [2.75, 3.05) is 7.11 Å². The predicted octanol–water partition coefficient (Wildman–Crippen LogP) is 2.14. The van der Waals surface area contributed by atoms with Gasteiger partial charge in [-0.25, -0.2) is 14.6 Å². The second kappa shape index (κ2) is 10.5. The van der Waals surface area contributed by atoms with Crippen molar-refractivity contribution in [3.8, 4) is 0 Å². The summed E-state index contributed by atoms with van der Waals surface area (Å²) in [6.45, 7) is 3.28. The zero-order chi connectivity index (χ0) is 24.0. The van der Waals surface area contributed by atoms with Crippen molar-refractivity contribution in [1.29, 1.82) is 0 Å². The highest BCUT2D eigenvalue weighted by molar-refractivity contribution is 5.94. The van der Waals surface area contributed by atoms with Crippen LogP contribution in [0.2, 0.25) is 0 Å². The average Bonchev–Trinajstić information content (AvgIpc) is 2.80. The van der Waals surface area contributed by atoms with Crippen LogP contribution in [0, 0.1) is 5.92 Å². The van der Waals surface area contributed by atoms with E-state index in [0.29, 0.717) is 0 Å². The van der Waals surface area contributed by atoms with E-state index in [2.05, 4.69) is 20.0 Å². The van der Waals surface area contributed by atoms with Gasteiger partial charge in [0, 0.05) is 0 Å². The number of hydrogen-bond acceptors (Lipinski definition) is 7. The molecule has 2 aromatic carbocycles. The number of nitrogens with zero attached hydrogens (tertiary/aromatic N) is 1. The number of carbonyl (C=O) groups is 3. The van der Waals surface area contributed by atoms with E-state index in [9.17, 15) is 19.2 Å². The van der Waals surface area contributed by atoms with Crippen LogP contribution in [0.15, 0.2) is 53.3 Å². The Morgan fingerprint density at radius 1 is 1.09 bits per heavy atom. The van der Waals surface area contributed by atoms with Crippen molar-refractivity contribution in [3.63, 3.8) is 0 Å². The molecule has 0 saturated heterocycles. The number of amides is 1. The summed E-state index contributed by atoms with van der Waals surface area (Å²) in [6, 6.07) is 12.7. The number of ether oxygens (including phenoxy) is 2. The molecule has 0 aliphatic rings. The predicted molar refractivity (Wildman–Crippen MR) is 120 cm³/mol. The van der Waals surface area contributed by atoms with E-state index in [-0.39, 0.29) is 47.1 Å². The largest absolute Gasteiger partial charge is 0.465 e. The van der Waals surface area contributed by atoms with E-state index < -0.39 is 23.5 Å². The Kier molecular flexibility index (Phi) is 7.55. The van der Waals surface area contributed by atoms with Crippen molar-refractivity contribution in [3.05, 3.63) is 75.8 Å². The molecule has 172 valence electrons. The second-order valence-corrected chi connectivity index (χ2v) is 7.80. The van der Waals surface area contributed by atoms with Gasteiger partial charge in [0.05, 0.1) is 30.0 Å². The van der Waals surface area contributed by atoms with Crippen LogP contribution in [-0.2, 0) is 32.1 Å². The highest BCUT2D eigenvalue weighted by atomic mass is 16.5. The summed E-state index contributed by atoms with van der Waals surface area (Å²) in [4.78, 5) is 56.0. The molecule has 0 unspecified atom stereocenters. The topological polar surface area (TPSA) is 127 Å². The molecule has 0 aliphatic heterocycles. The third-order valence-corrected chi connectivity index (χ3v) is 4.97. The lowest BCUT2D eigenvalue weighted by molar-refractivity contribution is -0.150. The lowest BCUT2D eigenvalue weighted by atomic mass is 10.0. The monoisotopic (exact) mass is 451 g/mol. The summed E-state index contributed by atoms with van der Waals surface area (Å²) in [7, 11) is 1.26. The molecule has 9 nitrogen and oxygen atoms in total. The Bertz CT molecular complexity index is 1220. The van der Waals surface area contributed by atoms with Crippen LogP contribution >= 0.6 is 0 Å². The minimum Gasteiger partial charge on any atom is -0.465 e. The quantitative estimate of drug-likeness (QED) is 0.502. The summed E-state index contributed by atoms with van der Waals surface area (Å²) >= 11 is 0. The molecule has 3 rings (SSSR count). The van der Waals surface area contributed by atoms with Gasteiger partial charge in [-0.15, -0.1) is 0 Å². The van der Waals surface area contributed by atoms with Crippen LogP contribution in [0.3, 0.4) is 0 Å². The molecule has 33 heavy (non-hydrogen) atoms. The molecule has 0 bridgehead atoms. The minimum atomic E-state index is -0.862. The van der Waals surface area contributed by atoms with Gasteiger partial charge in [-0.3, -0.25) is 9.59 Å². The zero-order valence-corrected chi connectivity index (χ0v) is 18.6. The fourth-order valence-corrected chi connectivity index (χ4v) is 3.23. The van der Waals surface area contributed by atoms with E-state index in [1.165, 1.54) is 25.3 Å². The van der Waals surface area contributed by atoms with E-state index >= 15 is 0 Å². The smallest absolute Gasteiger partial charge is 0.337 e. The van der Waals surface area contributed by atoms with Crippen LogP contribution in [0.4, 0.5) is 0 Å². The molecular weight excluding hydrogens is 426 g/mol. The third-order valence-electron chi connectivity index (χ3n) is 4.97. The molecule has 3 aromatic rings. The lowest BCUT2D eigenvalue weighted by Gasteiger charge is -2.20. The number of methoxy groups -OCH3 is 1. The highest BCUT2D eigenvalue weighted by Crippen LogP contribution is 2.13. The Labute approximate surface area is 190 Å². The molecule has 1 heterocycles. The number of aromatic nitrogens is 2. The molecule has 1 atom stereocenters. The minimum absolute atomic E-state index is 0.112. The maximum absolute atomic E-state index is 12.7. The standard InChI is InChI=1S/C24H25N3O6/c1-14(2)21(27-20(28)11-15-7-5-4-6-8-15)24(31)33-13-19-25-18-12-16(23(30)32-3)9-10-17(18)22(29)26-19/h4-10,12,14,21H,11,13H2,1-3H3,(H,27,28)(H,25,26,29)/t21-/m1/s1. The van der Waals surface area contributed by atoms with Crippen LogP contribution in [0.1, 0.15) is 35.6 Å². The molecule has 1 aromatic heterocycles. The molecule has 1 amide bonds. The fraction of sp³-hybridized carbons (Fsp3) is 0.292. The number of esters is 2. The van der Waals surface area contributed by atoms with Gasteiger partial charge in [0.15, 0.2) is 0 Å². The summed E-state index contributed by atoms with van der Waals surface area (Å²) in [5.74, 6) is -1.61. The Morgan fingerprint density at radius 2 is 1.82 bits per heavy atom. The zero-order valence-electron chi connectivity index (χ0n) is 18.6. The van der Waals surface area contributed by atoms with Gasteiger partial charge in [-0.2, -0.15) is 0 Å². The first-order valence-electron chi connectivity index (χ1n) is 10.4. The maximum Gasteiger partial charge on any atom is 0.337 e. The van der Waals surface area contributed by atoms with Crippen LogP contribution in [-0.4, -0.2) is 41.0 Å². The molecule has 0 aliphatic carbocycles. The fourth-order valence-electron chi connectivity index (χ4n) is 3.23. The van der Waals surface area contributed by atoms with Crippen molar-refractivity contribution in [1.82, 2.24) is 15.3 Å². The maximum atomic E-state index is 12.7. The van der Waals surface area contributed by atoms with Gasteiger partial charge in [0.25, 0.3) is 5.56 Å². The van der Waals surface area contributed by atoms with E-state index in [0.717, 1.165) is 5.56 Å². The van der Waals surface area contributed by atoms with Crippen LogP contribution < -0.4 is 10.9 Å². The summed E-state index contributed by atoms with van der Waals surface area (Å²) in [5, 5.41) is 2.99. The number of H-pyrrole nitrogens is 1. The first-order valence-corrected chi connectivity index (χ1v) is 10.4. The number of aromatic amines is 1. The number of carbonyl (C=O) groups excluding carboxylic acids is 3. The second-order valence-electron chi connectivity index (χ2n) is 7.80. The van der Waals surface area contributed by atoms with Crippen molar-refractivity contribution >= 4 is 28.7 Å². The summed E-state index contributed by atoms with van der Waals surface area (Å²) in [5.41, 5.74) is 0.908. The van der Waals surface area contributed by atoms with Gasteiger partial charge >= 0.3 is 11.9 Å². The van der Waals surface area contributed by atoms with Gasteiger partial charge < -0.3 is 19.8 Å². The van der Waals surface area contributed by atoms with Crippen molar-refractivity contribution < 1.29 is 23.9 Å². The molecular formula is C24H25N3O6. The van der Waals surface area contributed by atoms with E-state index in [1.807, 2.05) is 30.3 Å². The van der Waals surface area contributed by atoms with Gasteiger partial charge in [-0.05, 0) is 29.7 Å². The van der Waals surface area contributed by atoms with Crippen LogP contribution in [0.5, 0.6) is 0 Å². The Hall–Kier alpha value is -4.01. The molecule has 0 fully saturated rings. The van der Waals surface area contributed by atoms with Gasteiger partial charge in [0.2, 0.25) is 5.91 Å². The van der Waals surface area contributed by atoms with Crippen molar-refractivity contribution in [2.24, 2.45) is 5.92 Å². The number of rotatable bonds is 8. The molecule has 0 saturated carbocycles. The first kappa shape index (κ1) is 23.6. The van der Waals surface area contributed by atoms with E-state index in [4.69, 9.17) is 4.74 Å². The van der Waals surface area contributed by atoms with Crippen LogP contribution in [0.25, 0.3) is 10.9 Å².